The second-order valence-corrected chi connectivity index (χ2v) is 7.91. The monoisotopic (exact) mass is 433 g/mol. The number of nitrogens with zero attached hydrogens (tertiary/aromatic N) is 1. The predicted octanol–water partition coefficient (Wildman–Crippen LogP) is 6.61. The minimum absolute atomic E-state index is 0.0519. The van der Waals surface area contributed by atoms with Crippen molar-refractivity contribution < 1.29 is 20.0 Å². The molecule has 0 fully saturated rings. The fraction of sp³-hybridized carbons (Fsp3) is 0.542. The molecule has 0 spiro atoms. The second-order valence-electron chi connectivity index (χ2n) is 7.68. The Labute approximate surface area is 185 Å². The van der Waals surface area contributed by atoms with Gasteiger partial charge in [-0.15, -0.1) is 0 Å². The fourth-order valence-corrected chi connectivity index (χ4v) is 3.65. The molecule has 0 aliphatic rings. The van der Waals surface area contributed by atoms with Gasteiger partial charge in [0.05, 0.1) is 18.4 Å². The first-order chi connectivity index (χ1) is 14.7. The molecule has 0 bridgehead atoms. The van der Waals surface area contributed by atoms with E-state index in [9.17, 15) is 10.2 Å². The van der Waals surface area contributed by atoms with Crippen LogP contribution in [0.1, 0.15) is 82.3 Å². The lowest BCUT2D eigenvalue weighted by molar-refractivity contribution is -0.304. The third-order valence-corrected chi connectivity index (χ3v) is 5.43. The van der Waals surface area contributed by atoms with Crippen molar-refractivity contribution in [2.24, 2.45) is 0 Å². The summed E-state index contributed by atoms with van der Waals surface area (Å²) in [6.45, 7) is 3.17. The van der Waals surface area contributed by atoms with Crippen LogP contribution >= 0.6 is 12.2 Å². The fourth-order valence-electron chi connectivity index (χ4n) is 3.42. The van der Waals surface area contributed by atoms with Gasteiger partial charge in [-0.2, -0.15) is 0 Å². The van der Waals surface area contributed by atoms with Gasteiger partial charge in [-0.25, -0.2) is 9.78 Å². The molecule has 2 aromatic rings. The van der Waals surface area contributed by atoms with E-state index < -0.39 is 0 Å². The van der Waals surface area contributed by atoms with Gasteiger partial charge in [0.2, 0.25) is 5.88 Å². The quantitative estimate of drug-likeness (QED) is 0.135. The van der Waals surface area contributed by atoms with E-state index in [1.807, 2.05) is 24.3 Å². The van der Waals surface area contributed by atoms with Gasteiger partial charge in [0.1, 0.15) is 12.4 Å². The highest BCUT2D eigenvalue weighted by Gasteiger charge is 2.13. The number of hydrogen-bond donors (Lipinski definition) is 2. The summed E-state index contributed by atoms with van der Waals surface area (Å²) in [6, 6.07) is 7.49. The number of unbranched alkanes of at least 4 members (excludes halogenated alkanes) is 9. The standard InChI is InChI=1S/C24H35NO4S/c1-2-3-4-5-6-7-8-9-10-11-15-28-29-18-20-13-12-14-21(16-20)25-17-23(26)22(19-30)24(25)27/h12-14,16-17,19,26-27H,2-11,15,18H2,1H3. The van der Waals surface area contributed by atoms with E-state index in [0.29, 0.717) is 18.9 Å². The third-order valence-electron chi connectivity index (χ3n) is 5.19. The third kappa shape index (κ3) is 8.09. The summed E-state index contributed by atoms with van der Waals surface area (Å²) in [4.78, 5) is 10.6. The zero-order valence-corrected chi connectivity index (χ0v) is 18.8. The lowest BCUT2D eigenvalue weighted by Gasteiger charge is -2.08. The van der Waals surface area contributed by atoms with Crippen LogP contribution in [0.5, 0.6) is 11.6 Å². The lowest BCUT2D eigenvalue weighted by Crippen LogP contribution is -1.99. The van der Waals surface area contributed by atoms with Gasteiger partial charge in [0.15, 0.2) is 0 Å². The maximum atomic E-state index is 10.2. The van der Waals surface area contributed by atoms with E-state index in [4.69, 9.17) is 22.0 Å². The largest absolute Gasteiger partial charge is 0.506 e. The van der Waals surface area contributed by atoms with Crippen LogP contribution in [0.3, 0.4) is 0 Å². The van der Waals surface area contributed by atoms with Crippen molar-refractivity contribution in [3.05, 3.63) is 41.6 Å². The van der Waals surface area contributed by atoms with Crippen LogP contribution in [0.25, 0.3) is 5.69 Å². The maximum absolute atomic E-state index is 10.2. The van der Waals surface area contributed by atoms with Crippen molar-refractivity contribution >= 4 is 17.6 Å². The van der Waals surface area contributed by atoms with Crippen LogP contribution < -0.4 is 0 Å². The first-order valence-corrected chi connectivity index (χ1v) is 11.6. The number of aromatic hydroxyl groups is 2. The SMILES string of the molecule is CCCCCCCCCCCCOOCc1cccc(-n2cc(O)c(C=S)c2O)c1. The van der Waals surface area contributed by atoms with Gasteiger partial charge >= 0.3 is 0 Å². The van der Waals surface area contributed by atoms with Gasteiger partial charge < -0.3 is 10.2 Å². The minimum Gasteiger partial charge on any atom is -0.506 e. The molecule has 0 saturated heterocycles. The Bertz CT molecular complexity index is 760. The molecule has 0 aliphatic heterocycles. The van der Waals surface area contributed by atoms with E-state index in [1.165, 1.54) is 73.9 Å². The molecule has 2 rings (SSSR count). The van der Waals surface area contributed by atoms with Crippen molar-refractivity contribution in [3.63, 3.8) is 0 Å². The molecule has 0 radical (unpaired) electrons. The molecule has 6 heteroatoms. The van der Waals surface area contributed by atoms with Crippen molar-refractivity contribution in [1.82, 2.24) is 4.57 Å². The molecular weight excluding hydrogens is 398 g/mol. The number of aromatic nitrogens is 1. The van der Waals surface area contributed by atoms with Crippen LogP contribution in [-0.4, -0.2) is 26.8 Å². The van der Waals surface area contributed by atoms with Crippen LogP contribution in [-0.2, 0) is 16.4 Å². The molecule has 0 amide bonds. The number of hydrogen-bond acceptors (Lipinski definition) is 5. The lowest BCUT2D eigenvalue weighted by atomic mass is 10.1. The summed E-state index contributed by atoms with van der Waals surface area (Å²) in [5, 5.41) is 21.3. The Morgan fingerprint density at radius 2 is 1.60 bits per heavy atom. The highest BCUT2D eigenvalue weighted by atomic mass is 32.1. The van der Waals surface area contributed by atoms with E-state index in [0.717, 1.165) is 12.0 Å². The first-order valence-electron chi connectivity index (χ1n) is 11.1. The minimum atomic E-state index is -0.0854. The molecule has 0 saturated carbocycles. The molecule has 0 aliphatic carbocycles. The first kappa shape index (κ1) is 24.4. The highest BCUT2D eigenvalue weighted by Crippen LogP contribution is 2.31. The molecule has 166 valence electrons. The average molecular weight is 434 g/mol. The van der Waals surface area contributed by atoms with Gasteiger partial charge in [-0.3, -0.25) is 4.57 Å². The van der Waals surface area contributed by atoms with Gasteiger partial charge in [-0.1, -0.05) is 89.1 Å². The molecule has 0 atom stereocenters. The van der Waals surface area contributed by atoms with Crippen molar-refractivity contribution in [3.8, 4) is 17.3 Å². The van der Waals surface area contributed by atoms with E-state index in [-0.39, 0.29) is 17.2 Å². The van der Waals surface area contributed by atoms with Crippen LogP contribution in [0.2, 0.25) is 0 Å². The van der Waals surface area contributed by atoms with Crippen molar-refractivity contribution in [2.45, 2.75) is 77.7 Å². The second kappa shape index (κ2) is 14.2. The normalized spacial score (nSPS) is 11.1. The van der Waals surface area contributed by atoms with Gasteiger partial charge in [-0.05, 0) is 24.1 Å². The molecular formula is C24H35NO4S. The van der Waals surface area contributed by atoms with Crippen LogP contribution in [0.15, 0.2) is 30.5 Å². The molecule has 0 unspecified atom stereocenters. The molecule has 30 heavy (non-hydrogen) atoms. The Balaban J connectivity index is 1.60. The van der Waals surface area contributed by atoms with Gasteiger partial charge in [0, 0.05) is 11.1 Å². The average Bonchev–Trinajstić information content (AvgIpc) is 3.05. The zero-order valence-electron chi connectivity index (χ0n) is 18.0. The number of rotatable bonds is 16. The van der Waals surface area contributed by atoms with E-state index >= 15 is 0 Å². The molecule has 2 N–H and O–H groups in total. The Morgan fingerprint density at radius 3 is 2.23 bits per heavy atom. The Morgan fingerprint density at radius 1 is 0.933 bits per heavy atom. The van der Waals surface area contributed by atoms with E-state index in [1.54, 1.807) is 0 Å². The van der Waals surface area contributed by atoms with Crippen molar-refractivity contribution in [2.75, 3.05) is 6.61 Å². The van der Waals surface area contributed by atoms with E-state index in [2.05, 4.69) is 6.92 Å². The Hall–Kier alpha value is -1.89. The summed E-state index contributed by atoms with van der Waals surface area (Å²) in [6.07, 6.45) is 14.3. The molecule has 1 aromatic carbocycles. The summed E-state index contributed by atoms with van der Waals surface area (Å²) in [7, 11) is 0. The van der Waals surface area contributed by atoms with Gasteiger partial charge in [0.25, 0.3) is 0 Å². The smallest absolute Gasteiger partial charge is 0.207 e. The molecule has 1 aromatic heterocycles. The number of thiocarbonyl (C=S) groups is 1. The Kier molecular flexibility index (Phi) is 11.5. The molecule has 5 nitrogen and oxygen atoms in total. The van der Waals surface area contributed by atoms with Crippen LogP contribution in [0.4, 0.5) is 0 Å². The molecule has 1 heterocycles. The maximum Gasteiger partial charge on any atom is 0.207 e. The summed E-state index contributed by atoms with van der Waals surface area (Å²) >= 11 is 4.83. The summed E-state index contributed by atoms with van der Waals surface area (Å²) in [5.41, 5.74) is 1.86. The topological polar surface area (TPSA) is 63.9 Å². The zero-order chi connectivity index (χ0) is 21.6. The highest BCUT2D eigenvalue weighted by molar-refractivity contribution is 7.79. The summed E-state index contributed by atoms with van der Waals surface area (Å²) < 4.78 is 1.49. The van der Waals surface area contributed by atoms with Crippen LogP contribution in [0, 0.1) is 0 Å². The predicted molar refractivity (Wildman–Crippen MR) is 124 cm³/mol. The van der Waals surface area contributed by atoms with Crippen molar-refractivity contribution in [1.29, 1.82) is 0 Å². The number of benzene rings is 1. The summed E-state index contributed by atoms with van der Waals surface area (Å²) in [5.74, 6) is -0.137.